The van der Waals surface area contributed by atoms with Crippen molar-refractivity contribution >= 4 is 29.9 Å². The van der Waals surface area contributed by atoms with Gasteiger partial charge in [-0.2, -0.15) is 0 Å². The van der Waals surface area contributed by atoms with E-state index in [1.807, 2.05) is 19.1 Å². The molecule has 0 spiro atoms. The number of ether oxygens (including phenoxy) is 3. The number of aliphatic imine (C=N–C) groups is 1. The molecule has 2 rings (SSSR count). The topological polar surface area (TPSA) is 64.1 Å². The smallest absolute Gasteiger partial charge is 0.191 e. The van der Waals surface area contributed by atoms with Crippen LogP contribution in [0.25, 0.3) is 0 Å². The van der Waals surface area contributed by atoms with Gasteiger partial charge in [0.1, 0.15) is 0 Å². The monoisotopic (exact) mass is 505 g/mol. The van der Waals surface area contributed by atoms with Crippen molar-refractivity contribution in [2.45, 2.75) is 52.4 Å². The molecule has 6 nitrogen and oxygen atoms in total. The summed E-state index contributed by atoms with van der Waals surface area (Å²) in [4.78, 5) is 4.71. The first kappa shape index (κ1) is 25.1. The molecule has 7 heteroatoms. The first-order valence-electron chi connectivity index (χ1n) is 10.2. The first-order valence-corrected chi connectivity index (χ1v) is 10.2. The van der Waals surface area contributed by atoms with Crippen LogP contribution < -0.4 is 10.6 Å². The van der Waals surface area contributed by atoms with Gasteiger partial charge in [-0.15, -0.1) is 24.0 Å². The van der Waals surface area contributed by atoms with Crippen LogP contribution in [-0.2, 0) is 27.4 Å². The maximum Gasteiger partial charge on any atom is 0.191 e. The van der Waals surface area contributed by atoms with Gasteiger partial charge in [-0.3, -0.25) is 0 Å². The molecule has 1 aliphatic rings. The Kier molecular flexibility index (Phi) is 14.3. The van der Waals surface area contributed by atoms with Gasteiger partial charge in [0.25, 0.3) is 0 Å². The normalized spacial score (nSPS) is 16.6. The van der Waals surface area contributed by atoms with E-state index in [4.69, 9.17) is 19.2 Å². The van der Waals surface area contributed by atoms with Crippen LogP contribution in [0.15, 0.2) is 29.3 Å². The zero-order valence-electron chi connectivity index (χ0n) is 17.2. The Balaban J connectivity index is 0.00000392. The predicted octanol–water partition coefficient (Wildman–Crippen LogP) is 3.48. The third-order valence-corrected chi connectivity index (χ3v) is 4.42. The highest BCUT2D eigenvalue weighted by molar-refractivity contribution is 14.0. The average Bonchev–Trinajstić information content (AvgIpc) is 3.21. The lowest BCUT2D eigenvalue weighted by molar-refractivity contribution is 0.0168. The highest BCUT2D eigenvalue weighted by Gasteiger charge is 2.14. The minimum absolute atomic E-state index is 0. The number of rotatable bonds is 12. The molecule has 2 N–H and O–H groups in total. The highest BCUT2D eigenvalue weighted by atomic mass is 127. The molecule has 1 atom stereocenters. The van der Waals surface area contributed by atoms with Gasteiger partial charge in [0, 0.05) is 32.9 Å². The molecule has 1 aromatic rings. The number of hydrogen-bond acceptors (Lipinski definition) is 4. The lowest BCUT2D eigenvalue weighted by Crippen LogP contribution is -2.38. The summed E-state index contributed by atoms with van der Waals surface area (Å²) in [5.74, 6) is 0.836. The van der Waals surface area contributed by atoms with Gasteiger partial charge < -0.3 is 24.8 Å². The Morgan fingerprint density at radius 1 is 1.18 bits per heavy atom. The van der Waals surface area contributed by atoms with E-state index in [0.29, 0.717) is 25.9 Å². The Hall–Kier alpha value is -0.900. The van der Waals surface area contributed by atoms with Gasteiger partial charge in [0.2, 0.25) is 0 Å². The fourth-order valence-electron chi connectivity index (χ4n) is 2.94. The van der Waals surface area contributed by atoms with Crippen molar-refractivity contribution in [3.8, 4) is 0 Å². The van der Waals surface area contributed by atoms with Crippen LogP contribution >= 0.6 is 24.0 Å². The zero-order chi connectivity index (χ0) is 19.2. The lowest BCUT2D eigenvalue weighted by Gasteiger charge is -2.13. The number of halogens is 1. The summed E-state index contributed by atoms with van der Waals surface area (Å²) >= 11 is 0. The summed E-state index contributed by atoms with van der Waals surface area (Å²) in [5, 5.41) is 6.68. The summed E-state index contributed by atoms with van der Waals surface area (Å²) < 4.78 is 16.8. The van der Waals surface area contributed by atoms with Crippen LogP contribution in [-0.4, -0.2) is 51.6 Å². The largest absolute Gasteiger partial charge is 0.379 e. The molecule has 0 saturated carbocycles. The van der Waals surface area contributed by atoms with Crippen molar-refractivity contribution in [3.63, 3.8) is 0 Å². The summed E-state index contributed by atoms with van der Waals surface area (Å²) in [6, 6.07) is 8.31. The SMILES string of the molecule is CCNC(=NCc1ccccc1COCC)NCCCOCC1CCCO1.I. The maximum absolute atomic E-state index is 5.70. The molecule has 1 aliphatic heterocycles. The second kappa shape index (κ2) is 16.0. The molecule has 1 heterocycles. The van der Waals surface area contributed by atoms with Crippen LogP contribution in [0.2, 0.25) is 0 Å². The van der Waals surface area contributed by atoms with Crippen molar-refractivity contribution in [3.05, 3.63) is 35.4 Å². The van der Waals surface area contributed by atoms with E-state index in [1.54, 1.807) is 0 Å². The Morgan fingerprint density at radius 3 is 2.71 bits per heavy atom. The van der Waals surface area contributed by atoms with E-state index in [9.17, 15) is 0 Å². The Bertz CT molecular complexity index is 551. The number of nitrogens with one attached hydrogen (secondary N) is 2. The molecule has 0 amide bonds. The molecular weight excluding hydrogens is 469 g/mol. The van der Waals surface area contributed by atoms with Crippen molar-refractivity contribution in [1.82, 2.24) is 10.6 Å². The molecule has 160 valence electrons. The summed E-state index contributed by atoms with van der Waals surface area (Å²) in [6.07, 6.45) is 3.53. The van der Waals surface area contributed by atoms with Crippen molar-refractivity contribution in [2.24, 2.45) is 4.99 Å². The molecule has 0 aliphatic carbocycles. The summed E-state index contributed by atoms with van der Waals surface area (Å²) in [6.45, 7) is 10.1. The molecule has 1 fully saturated rings. The quantitative estimate of drug-likeness (QED) is 0.197. The number of nitrogens with zero attached hydrogens (tertiary/aromatic N) is 1. The van der Waals surface area contributed by atoms with E-state index in [0.717, 1.165) is 58.1 Å². The van der Waals surface area contributed by atoms with Crippen LogP contribution in [0.5, 0.6) is 0 Å². The van der Waals surface area contributed by atoms with E-state index in [-0.39, 0.29) is 24.0 Å². The molecule has 1 unspecified atom stereocenters. The van der Waals surface area contributed by atoms with Crippen molar-refractivity contribution < 1.29 is 14.2 Å². The highest BCUT2D eigenvalue weighted by Crippen LogP contribution is 2.12. The van der Waals surface area contributed by atoms with Crippen LogP contribution in [0, 0.1) is 0 Å². The molecule has 1 aromatic carbocycles. The predicted molar refractivity (Wildman–Crippen MR) is 124 cm³/mol. The molecular formula is C21H36IN3O3. The standard InChI is InChI=1S/C21H35N3O3.HI/c1-3-22-21(23-12-8-13-26-17-20-11-7-14-27-20)24-15-18-9-5-6-10-19(18)16-25-4-2;/h5-6,9-10,20H,3-4,7-8,11-17H2,1-2H3,(H2,22,23,24);1H. The van der Waals surface area contributed by atoms with Crippen LogP contribution in [0.3, 0.4) is 0 Å². The van der Waals surface area contributed by atoms with E-state index in [1.165, 1.54) is 11.1 Å². The maximum atomic E-state index is 5.70. The molecule has 0 aromatic heterocycles. The Morgan fingerprint density at radius 2 is 2.00 bits per heavy atom. The van der Waals surface area contributed by atoms with Gasteiger partial charge in [-0.05, 0) is 44.2 Å². The fraction of sp³-hybridized carbons (Fsp3) is 0.667. The molecule has 28 heavy (non-hydrogen) atoms. The lowest BCUT2D eigenvalue weighted by atomic mass is 10.1. The number of guanidine groups is 1. The van der Waals surface area contributed by atoms with Gasteiger partial charge in [-0.1, -0.05) is 24.3 Å². The van der Waals surface area contributed by atoms with Gasteiger partial charge >= 0.3 is 0 Å². The van der Waals surface area contributed by atoms with Gasteiger partial charge in [-0.25, -0.2) is 4.99 Å². The number of benzene rings is 1. The van der Waals surface area contributed by atoms with Gasteiger partial charge in [0.05, 0.1) is 25.9 Å². The minimum Gasteiger partial charge on any atom is -0.379 e. The van der Waals surface area contributed by atoms with E-state index >= 15 is 0 Å². The third kappa shape index (κ3) is 10.0. The summed E-state index contributed by atoms with van der Waals surface area (Å²) in [7, 11) is 0. The van der Waals surface area contributed by atoms with Crippen molar-refractivity contribution in [1.29, 1.82) is 0 Å². The molecule has 1 saturated heterocycles. The molecule has 0 radical (unpaired) electrons. The average molecular weight is 505 g/mol. The van der Waals surface area contributed by atoms with E-state index < -0.39 is 0 Å². The second-order valence-electron chi connectivity index (χ2n) is 6.59. The minimum atomic E-state index is 0. The third-order valence-electron chi connectivity index (χ3n) is 4.42. The van der Waals surface area contributed by atoms with Crippen molar-refractivity contribution in [2.75, 3.05) is 39.5 Å². The summed E-state index contributed by atoms with van der Waals surface area (Å²) in [5.41, 5.74) is 2.39. The van der Waals surface area contributed by atoms with E-state index in [2.05, 4.69) is 29.7 Å². The zero-order valence-corrected chi connectivity index (χ0v) is 19.6. The second-order valence-corrected chi connectivity index (χ2v) is 6.59. The van der Waals surface area contributed by atoms with Gasteiger partial charge in [0.15, 0.2) is 5.96 Å². The number of hydrogen-bond donors (Lipinski definition) is 2. The Labute approximate surface area is 186 Å². The first-order chi connectivity index (χ1) is 13.3. The molecule has 0 bridgehead atoms. The van der Waals surface area contributed by atoms with Crippen LogP contribution in [0.1, 0.15) is 44.2 Å². The van der Waals surface area contributed by atoms with Crippen LogP contribution in [0.4, 0.5) is 0 Å². The fourth-order valence-corrected chi connectivity index (χ4v) is 2.94.